The lowest BCUT2D eigenvalue weighted by molar-refractivity contribution is -0.244. The van der Waals surface area contributed by atoms with E-state index in [1.807, 2.05) is 0 Å². The molecular formula is C18H28F6N2O7S3. The second kappa shape index (κ2) is 11.0. The van der Waals surface area contributed by atoms with Gasteiger partial charge >= 0.3 is 26.5 Å². The fourth-order valence-electron chi connectivity index (χ4n) is 2.72. The van der Waals surface area contributed by atoms with Gasteiger partial charge < -0.3 is 0 Å². The number of sulfone groups is 2. The average molecular weight is 595 g/mol. The first-order valence-electron chi connectivity index (χ1n) is 10.4. The Bertz CT molecular complexity index is 1170. The summed E-state index contributed by atoms with van der Waals surface area (Å²) < 4.78 is 154. The number of rotatable bonds is 13. The van der Waals surface area contributed by atoms with Gasteiger partial charge in [-0.05, 0) is 33.6 Å². The highest BCUT2D eigenvalue weighted by Gasteiger charge is 2.83. The van der Waals surface area contributed by atoms with Gasteiger partial charge in [0.2, 0.25) is 5.91 Å². The molecule has 0 aromatic carbocycles. The molecule has 0 aliphatic heterocycles. The van der Waals surface area contributed by atoms with Crippen molar-refractivity contribution in [2.75, 3.05) is 0 Å². The van der Waals surface area contributed by atoms with Gasteiger partial charge in [-0.25, -0.2) is 21.6 Å². The summed E-state index contributed by atoms with van der Waals surface area (Å²) in [6.45, 7) is 5.27. The lowest BCUT2D eigenvalue weighted by atomic mass is 9.98. The van der Waals surface area contributed by atoms with E-state index in [1.165, 1.54) is 6.92 Å². The molecule has 0 rings (SSSR count). The smallest absolute Gasteiger partial charge is 0.274 e. The molecular weight excluding hydrogens is 566 g/mol. The maximum Gasteiger partial charge on any atom is 0.433 e. The van der Waals surface area contributed by atoms with Crippen LogP contribution in [-0.4, -0.2) is 56.9 Å². The number of carbonyl (C=O) groups excluding carboxylic acids is 1. The van der Waals surface area contributed by atoms with Crippen LogP contribution in [0.2, 0.25) is 0 Å². The fourth-order valence-corrected chi connectivity index (χ4v) is 8.05. The molecule has 0 spiro atoms. The highest BCUT2D eigenvalue weighted by molar-refractivity contribution is 8.10. The summed E-state index contributed by atoms with van der Waals surface area (Å²) in [6, 6.07) is 0.383. The van der Waals surface area contributed by atoms with Gasteiger partial charge in [-0.3, -0.25) is 4.79 Å². The first-order valence-corrected chi connectivity index (χ1v) is 15.0. The Balaban J connectivity index is 6.56. The summed E-state index contributed by atoms with van der Waals surface area (Å²) in [6.07, 6.45) is 1.34. The number of unbranched alkanes of at least 4 members (excludes halogenated alkanes) is 2. The number of hydrogen-bond acceptors (Lipinski definition) is 8. The highest BCUT2D eigenvalue weighted by Crippen LogP contribution is 2.52. The highest BCUT2D eigenvalue weighted by atomic mass is 32.3. The number of alkyl halides is 6. The van der Waals surface area contributed by atoms with E-state index in [2.05, 4.69) is 0 Å². The standard InChI is InChI=1S/C18H28F6N2O7S3/c1-6-8-9-10-12(7-2)14(27)26-36(32,33)18(23,24)16(19,20)17(21,22)35(30,31)13(11-25)34(28,29)15(3,4)5/h12-13H,6-10H2,1-5H3,(H,26,27). The molecule has 0 saturated heterocycles. The first kappa shape index (κ1) is 34.4. The van der Waals surface area contributed by atoms with Crippen molar-refractivity contribution in [2.45, 2.75) is 92.5 Å². The largest absolute Gasteiger partial charge is 0.433 e. The molecule has 0 bridgehead atoms. The molecule has 9 nitrogen and oxygen atoms in total. The van der Waals surface area contributed by atoms with E-state index in [1.54, 1.807) is 6.92 Å². The Morgan fingerprint density at radius 3 is 1.69 bits per heavy atom. The van der Waals surface area contributed by atoms with Crippen LogP contribution in [0.4, 0.5) is 26.3 Å². The van der Waals surface area contributed by atoms with E-state index < -0.39 is 67.3 Å². The van der Waals surface area contributed by atoms with E-state index in [0.717, 1.165) is 20.8 Å². The Hall–Kier alpha value is -1.61. The van der Waals surface area contributed by atoms with Crippen LogP contribution in [0.1, 0.15) is 66.7 Å². The second-order valence-electron chi connectivity index (χ2n) is 8.84. The Labute approximate surface area is 206 Å². The molecule has 0 aromatic rings. The number of nitrogens with zero attached hydrogens (tertiary/aromatic N) is 1. The summed E-state index contributed by atoms with van der Waals surface area (Å²) in [5, 5.41) is -5.14. The van der Waals surface area contributed by atoms with E-state index in [9.17, 15) is 56.4 Å². The third kappa shape index (κ3) is 5.93. The van der Waals surface area contributed by atoms with E-state index >= 15 is 0 Å². The zero-order chi connectivity index (χ0) is 29.2. The van der Waals surface area contributed by atoms with Gasteiger partial charge in [-0.15, -0.1) is 0 Å². The van der Waals surface area contributed by atoms with Crippen LogP contribution in [0.15, 0.2) is 0 Å². The van der Waals surface area contributed by atoms with Crippen molar-refractivity contribution in [1.82, 2.24) is 4.72 Å². The molecule has 0 aromatic heterocycles. The molecule has 1 amide bonds. The lowest BCUT2D eigenvalue weighted by Gasteiger charge is -2.33. The number of sulfonamides is 1. The van der Waals surface area contributed by atoms with Gasteiger partial charge in [0.1, 0.15) is 0 Å². The van der Waals surface area contributed by atoms with Crippen LogP contribution in [0, 0.1) is 17.2 Å². The molecule has 0 aliphatic rings. The first-order chi connectivity index (χ1) is 15.8. The molecule has 2 unspecified atom stereocenters. The van der Waals surface area contributed by atoms with E-state index in [0.29, 0.717) is 30.1 Å². The van der Waals surface area contributed by atoms with Crippen LogP contribution in [0.3, 0.4) is 0 Å². The van der Waals surface area contributed by atoms with Crippen LogP contribution < -0.4 is 4.72 Å². The number of nitriles is 1. The summed E-state index contributed by atoms with van der Waals surface area (Å²) >= 11 is 0. The number of carbonyl (C=O) groups is 1. The summed E-state index contributed by atoms with van der Waals surface area (Å²) in [5.74, 6) is -10.3. The average Bonchev–Trinajstić information content (AvgIpc) is 2.69. The lowest BCUT2D eigenvalue weighted by Crippen LogP contribution is -2.65. The van der Waals surface area contributed by atoms with Crippen molar-refractivity contribution in [3.8, 4) is 6.07 Å². The molecule has 0 saturated carbocycles. The molecule has 0 radical (unpaired) electrons. The molecule has 18 heteroatoms. The van der Waals surface area contributed by atoms with Crippen LogP contribution in [0.5, 0.6) is 0 Å². The minimum atomic E-state index is -7.35. The van der Waals surface area contributed by atoms with Crippen LogP contribution in [-0.2, 0) is 34.5 Å². The third-order valence-corrected chi connectivity index (χ3v) is 12.1. The quantitative estimate of drug-likeness (QED) is 0.252. The Morgan fingerprint density at radius 1 is 0.861 bits per heavy atom. The molecule has 0 fully saturated rings. The van der Waals surface area contributed by atoms with Crippen molar-refractivity contribution >= 4 is 35.6 Å². The molecule has 36 heavy (non-hydrogen) atoms. The zero-order valence-electron chi connectivity index (χ0n) is 20.0. The van der Waals surface area contributed by atoms with E-state index in [-0.39, 0.29) is 12.8 Å². The van der Waals surface area contributed by atoms with Crippen molar-refractivity contribution in [3.05, 3.63) is 0 Å². The topological polar surface area (TPSA) is 155 Å². The van der Waals surface area contributed by atoms with Crippen LogP contribution >= 0.6 is 0 Å². The number of amides is 1. The fraction of sp³-hybridized carbons (Fsp3) is 0.889. The van der Waals surface area contributed by atoms with Crippen molar-refractivity contribution in [3.63, 3.8) is 0 Å². The molecule has 212 valence electrons. The SMILES string of the molecule is CCCCCC(CC)C(=O)NS(=O)(=O)C(F)(F)C(F)(F)C(F)(F)S(=O)(=O)C(C#N)S(=O)(=O)C(C)(C)C. The van der Waals surface area contributed by atoms with Crippen LogP contribution in [0.25, 0.3) is 0 Å². The van der Waals surface area contributed by atoms with Gasteiger partial charge in [-0.1, -0.05) is 33.1 Å². The van der Waals surface area contributed by atoms with Crippen molar-refractivity contribution in [2.24, 2.45) is 5.92 Å². The molecule has 2 atom stereocenters. The Morgan fingerprint density at radius 2 is 1.33 bits per heavy atom. The summed E-state index contributed by atoms with van der Waals surface area (Å²) in [4.78, 5) is 12.1. The summed E-state index contributed by atoms with van der Waals surface area (Å²) in [7, 11) is -19.9. The van der Waals surface area contributed by atoms with E-state index in [4.69, 9.17) is 5.26 Å². The minimum absolute atomic E-state index is 0.0489. The monoisotopic (exact) mass is 594 g/mol. The predicted octanol–water partition coefficient (Wildman–Crippen LogP) is 3.34. The Kier molecular flexibility index (Phi) is 10.5. The second-order valence-corrected chi connectivity index (χ2v) is 15.7. The normalized spacial score (nSPS) is 16.2. The van der Waals surface area contributed by atoms with Gasteiger partial charge in [0.05, 0.1) is 10.8 Å². The van der Waals surface area contributed by atoms with Crippen molar-refractivity contribution in [1.29, 1.82) is 5.26 Å². The summed E-state index contributed by atoms with van der Waals surface area (Å²) in [5.41, 5.74) is 0. The predicted molar refractivity (Wildman–Crippen MR) is 117 cm³/mol. The van der Waals surface area contributed by atoms with Gasteiger partial charge in [0.15, 0.2) is 9.84 Å². The van der Waals surface area contributed by atoms with Crippen molar-refractivity contribution < 1.29 is 56.4 Å². The molecule has 0 aliphatic carbocycles. The molecule has 0 heterocycles. The minimum Gasteiger partial charge on any atom is -0.274 e. The maximum absolute atomic E-state index is 14.5. The van der Waals surface area contributed by atoms with Gasteiger partial charge in [0, 0.05) is 5.92 Å². The van der Waals surface area contributed by atoms with Gasteiger partial charge in [0.25, 0.3) is 14.4 Å². The molecule has 1 N–H and O–H groups in total. The third-order valence-electron chi connectivity index (χ3n) is 5.20. The zero-order valence-corrected chi connectivity index (χ0v) is 22.4. The number of halogens is 6. The number of hydrogen-bond donors (Lipinski definition) is 1. The maximum atomic E-state index is 14.5. The van der Waals surface area contributed by atoms with Gasteiger partial charge in [-0.2, -0.15) is 40.0 Å². The number of nitrogens with one attached hydrogen (secondary N) is 1.